The number of fused-ring (bicyclic) bond motifs is 1. The van der Waals surface area contributed by atoms with Crippen LogP contribution in [0.1, 0.15) is 42.0 Å². The van der Waals surface area contributed by atoms with Gasteiger partial charge >= 0.3 is 23.9 Å². The van der Waals surface area contributed by atoms with Gasteiger partial charge in [-0.15, -0.1) is 10.2 Å². The average molecular weight is 494 g/mol. The molecule has 4 aromatic rings. The zero-order valence-electron chi connectivity index (χ0n) is 19.4. The second-order valence-electron chi connectivity index (χ2n) is 7.02. The van der Waals surface area contributed by atoms with E-state index in [-0.39, 0.29) is 34.2 Å². The van der Waals surface area contributed by atoms with Gasteiger partial charge < -0.3 is 18.9 Å². The Kier molecular flexibility index (Phi) is 6.41. The van der Waals surface area contributed by atoms with Gasteiger partial charge in [0.25, 0.3) is 0 Å². The van der Waals surface area contributed by atoms with Crippen molar-refractivity contribution >= 4 is 34.6 Å². The number of aromatic nitrogens is 6. The van der Waals surface area contributed by atoms with Gasteiger partial charge in [-0.05, 0) is 17.5 Å². The van der Waals surface area contributed by atoms with Crippen LogP contribution in [0.15, 0.2) is 36.4 Å². The second-order valence-corrected chi connectivity index (χ2v) is 7.02. The molecule has 0 saturated heterocycles. The Hall–Kier alpha value is -5.14. The highest BCUT2D eigenvalue weighted by molar-refractivity contribution is 6.04. The molecule has 0 aliphatic rings. The number of ether oxygens (including phenoxy) is 4. The summed E-state index contributed by atoms with van der Waals surface area (Å²) in [5, 5.41) is 16.6. The number of esters is 4. The lowest BCUT2D eigenvalue weighted by molar-refractivity contribution is 0.0545. The Morgan fingerprint density at radius 3 is 1.36 bits per heavy atom. The Bertz CT molecular complexity index is 1410. The topological polar surface area (TPSA) is 167 Å². The Morgan fingerprint density at radius 2 is 1.00 bits per heavy atom. The van der Waals surface area contributed by atoms with E-state index in [0.29, 0.717) is 10.8 Å². The molecule has 14 nitrogen and oxygen atoms in total. The van der Waals surface area contributed by atoms with E-state index >= 15 is 0 Å². The third kappa shape index (κ3) is 3.79. The zero-order valence-corrected chi connectivity index (χ0v) is 19.4. The van der Waals surface area contributed by atoms with Crippen LogP contribution in [0.2, 0.25) is 0 Å². The van der Waals surface area contributed by atoms with E-state index in [0.717, 1.165) is 37.8 Å². The number of hydrogen-bond acceptors (Lipinski definition) is 12. The summed E-state index contributed by atoms with van der Waals surface area (Å²) in [5.74, 6) is -3.57. The summed E-state index contributed by atoms with van der Waals surface area (Å²) in [6, 6.07) is 10.1. The quantitative estimate of drug-likeness (QED) is 0.277. The van der Waals surface area contributed by atoms with Gasteiger partial charge in [-0.1, -0.05) is 34.7 Å². The first-order valence-electron chi connectivity index (χ1n) is 10.1. The third-order valence-electron chi connectivity index (χ3n) is 5.17. The first-order chi connectivity index (χ1) is 17.4. The molecule has 184 valence electrons. The highest BCUT2D eigenvalue weighted by Gasteiger charge is 2.31. The summed E-state index contributed by atoms with van der Waals surface area (Å²) in [4.78, 5) is 49.7. The van der Waals surface area contributed by atoms with E-state index in [4.69, 9.17) is 18.9 Å². The number of rotatable bonds is 6. The molecule has 2 aromatic carbocycles. The lowest BCUT2D eigenvalue weighted by Crippen LogP contribution is -2.17. The lowest BCUT2D eigenvalue weighted by atomic mass is 10.1. The molecule has 0 atom stereocenters. The predicted octanol–water partition coefficient (Wildman–Crippen LogP) is 1.15. The molecule has 0 spiro atoms. The summed E-state index contributed by atoms with van der Waals surface area (Å²) < 4.78 is 21.3. The molecular weight excluding hydrogens is 476 g/mol. The van der Waals surface area contributed by atoms with Crippen molar-refractivity contribution in [2.45, 2.75) is 0 Å². The Labute approximate surface area is 202 Å². The summed E-state index contributed by atoms with van der Waals surface area (Å²) in [6.07, 6.45) is 0. The lowest BCUT2D eigenvalue weighted by Gasteiger charge is -2.14. The maximum Gasteiger partial charge on any atom is 0.361 e. The highest BCUT2D eigenvalue weighted by atomic mass is 16.5. The summed E-state index contributed by atoms with van der Waals surface area (Å²) in [5.41, 5.74) is -0.734. The van der Waals surface area contributed by atoms with Crippen molar-refractivity contribution in [3.8, 4) is 11.4 Å². The van der Waals surface area contributed by atoms with Crippen molar-refractivity contribution in [3.05, 3.63) is 59.2 Å². The molecule has 2 aromatic heterocycles. The van der Waals surface area contributed by atoms with Gasteiger partial charge in [-0.25, -0.2) is 28.5 Å². The highest BCUT2D eigenvalue weighted by Crippen LogP contribution is 2.31. The third-order valence-corrected chi connectivity index (χ3v) is 5.17. The summed E-state index contributed by atoms with van der Waals surface area (Å²) in [6.45, 7) is 0. The fourth-order valence-corrected chi connectivity index (χ4v) is 3.58. The van der Waals surface area contributed by atoms with Crippen LogP contribution >= 0.6 is 0 Å². The standard InChI is InChI=1S/C22H18N6O8/c1-33-19(29)15-17(21(31)35-3)27(25-23-15)12-9-5-7-11-8-6-10-13(14(11)12)28-18(22(32)36-4)16(24-26-28)20(30)34-2/h5-10H,1-4H3. The van der Waals surface area contributed by atoms with Crippen LogP contribution < -0.4 is 0 Å². The number of nitrogens with zero attached hydrogens (tertiary/aromatic N) is 6. The number of carbonyl (C=O) groups excluding carboxylic acids is 4. The summed E-state index contributed by atoms with van der Waals surface area (Å²) >= 11 is 0. The zero-order chi connectivity index (χ0) is 26.0. The first kappa shape index (κ1) is 24.0. The van der Waals surface area contributed by atoms with Crippen molar-refractivity contribution in [1.82, 2.24) is 30.0 Å². The van der Waals surface area contributed by atoms with Crippen LogP contribution in [0.25, 0.3) is 22.1 Å². The molecule has 0 aliphatic carbocycles. The van der Waals surface area contributed by atoms with Crippen LogP contribution in [0.5, 0.6) is 0 Å². The molecule has 0 aliphatic heterocycles. The minimum atomic E-state index is -0.894. The number of benzene rings is 2. The van der Waals surface area contributed by atoms with E-state index in [1.54, 1.807) is 36.4 Å². The molecule has 2 heterocycles. The van der Waals surface area contributed by atoms with Gasteiger partial charge in [0, 0.05) is 5.39 Å². The molecule has 0 amide bonds. The van der Waals surface area contributed by atoms with Crippen LogP contribution in [-0.2, 0) is 18.9 Å². The van der Waals surface area contributed by atoms with E-state index < -0.39 is 23.9 Å². The fourth-order valence-electron chi connectivity index (χ4n) is 3.58. The second kappa shape index (κ2) is 9.61. The van der Waals surface area contributed by atoms with E-state index in [9.17, 15) is 19.2 Å². The van der Waals surface area contributed by atoms with Crippen LogP contribution in [0, 0.1) is 0 Å². The van der Waals surface area contributed by atoms with E-state index in [2.05, 4.69) is 20.6 Å². The maximum absolute atomic E-state index is 12.6. The monoisotopic (exact) mass is 494 g/mol. The number of methoxy groups -OCH3 is 4. The van der Waals surface area contributed by atoms with Gasteiger partial charge in [0.1, 0.15) is 0 Å². The number of carbonyl (C=O) groups is 4. The minimum Gasteiger partial charge on any atom is -0.464 e. The normalized spacial score (nSPS) is 10.7. The van der Waals surface area contributed by atoms with Gasteiger partial charge in [-0.2, -0.15) is 0 Å². The summed E-state index contributed by atoms with van der Waals surface area (Å²) in [7, 11) is 4.55. The maximum atomic E-state index is 12.6. The van der Waals surface area contributed by atoms with Crippen molar-refractivity contribution in [1.29, 1.82) is 0 Å². The van der Waals surface area contributed by atoms with Crippen molar-refractivity contribution in [2.24, 2.45) is 0 Å². The molecule has 14 heteroatoms. The van der Waals surface area contributed by atoms with E-state index in [1.807, 2.05) is 0 Å². The predicted molar refractivity (Wildman–Crippen MR) is 119 cm³/mol. The van der Waals surface area contributed by atoms with Gasteiger partial charge in [0.05, 0.1) is 39.8 Å². The van der Waals surface area contributed by atoms with Crippen LogP contribution in [-0.4, -0.2) is 82.3 Å². The van der Waals surface area contributed by atoms with Crippen molar-refractivity contribution in [2.75, 3.05) is 28.4 Å². The fraction of sp³-hybridized carbons (Fsp3) is 0.182. The van der Waals surface area contributed by atoms with Gasteiger partial charge in [0.15, 0.2) is 11.4 Å². The van der Waals surface area contributed by atoms with E-state index in [1.165, 1.54) is 0 Å². The first-order valence-corrected chi connectivity index (χ1v) is 10.1. The largest absolute Gasteiger partial charge is 0.464 e. The minimum absolute atomic E-state index is 0.275. The molecular formula is C22H18N6O8. The Morgan fingerprint density at radius 1 is 0.611 bits per heavy atom. The Balaban J connectivity index is 2.07. The molecule has 0 fully saturated rings. The molecule has 0 bridgehead atoms. The van der Waals surface area contributed by atoms with Crippen LogP contribution in [0.3, 0.4) is 0 Å². The van der Waals surface area contributed by atoms with Crippen molar-refractivity contribution < 1.29 is 38.1 Å². The molecule has 4 rings (SSSR count). The SMILES string of the molecule is COC(=O)c1nnn(-c2cccc3cccc(-n4nnc(C(=O)OC)c4C(=O)OC)c23)c1C(=O)OC. The molecule has 0 radical (unpaired) electrons. The average Bonchev–Trinajstić information content (AvgIpc) is 3.56. The number of hydrogen-bond donors (Lipinski definition) is 0. The molecule has 36 heavy (non-hydrogen) atoms. The van der Waals surface area contributed by atoms with Gasteiger partial charge in [-0.3, -0.25) is 0 Å². The molecule has 0 saturated carbocycles. The van der Waals surface area contributed by atoms with Gasteiger partial charge in [0.2, 0.25) is 11.4 Å². The molecule has 0 unspecified atom stereocenters. The van der Waals surface area contributed by atoms with Crippen molar-refractivity contribution in [3.63, 3.8) is 0 Å². The molecule has 0 N–H and O–H groups in total. The van der Waals surface area contributed by atoms with Crippen LogP contribution in [0.4, 0.5) is 0 Å². The smallest absolute Gasteiger partial charge is 0.361 e.